The largest absolute Gasteiger partial charge is 0.347 e. The fraction of sp³-hybridized carbons (Fsp3) is 0.300. The molecule has 108 valence electrons. The van der Waals surface area contributed by atoms with Crippen LogP contribution in [0.5, 0.6) is 0 Å². The molecule has 0 spiro atoms. The molecule has 1 heterocycles. The first-order valence-electron chi connectivity index (χ1n) is 8.01. The van der Waals surface area contributed by atoms with Crippen molar-refractivity contribution < 1.29 is 0 Å². The maximum absolute atomic E-state index is 2.38. The Morgan fingerprint density at radius 2 is 1.43 bits per heavy atom. The molecule has 0 unspecified atom stereocenters. The normalized spacial score (nSPS) is 11.0. The van der Waals surface area contributed by atoms with E-state index >= 15 is 0 Å². The van der Waals surface area contributed by atoms with Gasteiger partial charge in [0.25, 0.3) is 0 Å². The lowest BCUT2D eigenvalue weighted by atomic mass is 10.1. The molecule has 3 rings (SSSR count). The van der Waals surface area contributed by atoms with Crippen molar-refractivity contribution in [3.05, 3.63) is 72.4 Å². The summed E-state index contributed by atoms with van der Waals surface area (Å²) in [6, 6.07) is 21.7. The van der Waals surface area contributed by atoms with Crippen LogP contribution in [0.25, 0.3) is 10.9 Å². The number of nitrogens with zero attached hydrogens (tertiary/aromatic N) is 1. The van der Waals surface area contributed by atoms with Gasteiger partial charge >= 0.3 is 0 Å². The second-order valence-electron chi connectivity index (χ2n) is 5.72. The summed E-state index contributed by atoms with van der Waals surface area (Å²) < 4.78 is 2.38. The Morgan fingerprint density at radius 3 is 2.33 bits per heavy atom. The number of hydrogen-bond donors (Lipinski definition) is 0. The van der Waals surface area contributed by atoms with Gasteiger partial charge in [0.15, 0.2) is 0 Å². The summed E-state index contributed by atoms with van der Waals surface area (Å²) in [5.41, 5.74) is 2.83. The van der Waals surface area contributed by atoms with Gasteiger partial charge in [-0.3, -0.25) is 0 Å². The summed E-state index contributed by atoms with van der Waals surface area (Å²) in [5, 5.41) is 1.35. The highest BCUT2D eigenvalue weighted by atomic mass is 14.9. The first-order chi connectivity index (χ1) is 10.4. The molecular formula is C20H23N. The van der Waals surface area contributed by atoms with Crippen LogP contribution in [-0.2, 0) is 13.0 Å². The number of hydrogen-bond acceptors (Lipinski definition) is 0. The second-order valence-corrected chi connectivity index (χ2v) is 5.72. The van der Waals surface area contributed by atoms with Crippen LogP contribution in [0.15, 0.2) is 66.9 Å². The Morgan fingerprint density at radius 1 is 0.667 bits per heavy atom. The molecule has 0 fully saturated rings. The van der Waals surface area contributed by atoms with Crippen LogP contribution < -0.4 is 0 Å². The van der Waals surface area contributed by atoms with Crippen molar-refractivity contribution in [1.82, 2.24) is 4.57 Å². The average molecular weight is 277 g/mol. The first-order valence-corrected chi connectivity index (χ1v) is 8.01. The summed E-state index contributed by atoms with van der Waals surface area (Å²) in [6.07, 6.45) is 8.65. The Hall–Kier alpha value is -2.02. The summed E-state index contributed by atoms with van der Waals surface area (Å²) in [5.74, 6) is 0. The quantitative estimate of drug-likeness (QED) is 0.506. The van der Waals surface area contributed by atoms with Crippen molar-refractivity contribution in [2.75, 3.05) is 0 Å². The molecule has 0 bridgehead atoms. The number of benzene rings is 2. The fourth-order valence-corrected chi connectivity index (χ4v) is 2.95. The van der Waals surface area contributed by atoms with Crippen molar-refractivity contribution in [3.8, 4) is 0 Å². The third-order valence-corrected chi connectivity index (χ3v) is 4.14. The number of aromatic nitrogens is 1. The molecule has 21 heavy (non-hydrogen) atoms. The summed E-state index contributed by atoms with van der Waals surface area (Å²) in [6.45, 7) is 1.14. The number of rotatable bonds is 7. The number of para-hydroxylation sites is 1. The highest BCUT2D eigenvalue weighted by molar-refractivity contribution is 5.79. The molecule has 0 N–H and O–H groups in total. The van der Waals surface area contributed by atoms with Crippen molar-refractivity contribution in [1.29, 1.82) is 0 Å². The van der Waals surface area contributed by atoms with Crippen LogP contribution >= 0.6 is 0 Å². The Kier molecular flexibility index (Phi) is 4.73. The zero-order chi connectivity index (χ0) is 14.3. The Labute approximate surface area is 127 Å². The average Bonchev–Trinajstić information content (AvgIpc) is 2.95. The van der Waals surface area contributed by atoms with Gasteiger partial charge in [-0.2, -0.15) is 0 Å². The van der Waals surface area contributed by atoms with Crippen LogP contribution in [0.2, 0.25) is 0 Å². The van der Waals surface area contributed by atoms with E-state index in [2.05, 4.69) is 71.4 Å². The summed E-state index contributed by atoms with van der Waals surface area (Å²) in [7, 11) is 0. The molecule has 3 aromatic rings. The van der Waals surface area contributed by atoms with Crippen LogP contribution in [0.4, 0.5) is 0 Å². The number of aryl methyl sites for hydroxylation is 2. The van der Waals surface area contributed by atoms with E-state index in [0.29, 0.717) is 0 Å². The van der Waals surface area contributed by atoms with E-state index < -0.39 is 0 Å². The smallest absolute Gasteiger partial charge is 0.0480 e. The fourth-order valence-electron chi connectivity index (χ4n) is 2.95. The van der Waals surface area contributed by atoms with Crippen LogP contribution in [-0.4, -0.2) is 4.57 Å². The highest BCUT2D eigenvalue weighted by Crippen LogP contribution is 2.16. The van der Waals surface area contributed by atoms with Gasteiger partial charge in [0, 0.05) is 18.3 Å². The lowest BCUT2D eigenvalue weighted by Gasteiger charge is -2.06. The van der Waals surface area contributed by atoms with E-state index in [4.69, 9.17) is 0 Å². The van der Waals surface area contributed by atoms with Gasteiger partial charge in [0.05, 0.1) is 0 Å². The molecule has 1 heteroatoms. The lowest BCUT2D eigenvalue weighted by Crippen LogP contribution is -1.96. The van der Waals surface area contributed by atoms with Gasteiger partial charge in [-0.05, 0) is 42.3 Å². The van der Waals surface area contributed by atoms with Gasteiger partial charge in [-0.25, -0.2) is 0 Å². The van der Waals surface area contributed by atoms with E-state index in [9.17, 15) is 0 Å². The monoisotopic (exact) mass is 277 g/mol. The second kappa shape index (κ2) is 7.12. The van der Waals surface area contributed by atoms with Crippen molar-refractivity contribution in [2.45, 2.75) is 38.6 Å². The highest BCUT2D eigenvalue weighted by Gasteiger charge is 1.99. The van der Waals surface area contributed by atoms with Crippen LogP contribution in [0.1, 0.15) is 31.2 Å². The molecule has 0 aliphatic heterocycles. The SMILES string of the molecule is c1ccc(CCCCCCn2ccc3ccccc32)cc1. The van der Waals surface area contributed by atoms with Crippen molar-refractivity contribution in [2.24, 2.45) is 0 Å². The van der Waals surface area contributed by atoms with E-state index in [1.54, 1.807) is 0 Å². The molecule has 0 amide bonds. The van der Waals surface area contributed by atoms with Gasteiger partial charge in [0.1, 0.15) is 0 Å². The molecule has 2 aromatic carbocycles. The maximum Gasteiger partial charge on any atom is 0.0480 e. The van der Waals surface area contributed by atoms with E-state index in [-0.39, 0.29) is 0 Å². The van der Waals surface area contributed by atoms with E-state index in [1.165, 1.54) is 48.6 Å². The number of unbranched alkanes of at least 4 members (excludes halogenated alkanes) is 3. The maximum atomic E-state index is 2.38. The minimum Gasteiger partial charge on any atom is -0.347 e. The Bertz CT molecular complexity index is 666. The molecule has 0 aliphatic rings. The molecule has 0 saturated heterocycles. The Balaban J connectivity index is 1.39. The predicted octanol–water partition coefficient (Wildman–Crippen LogP) is 5.44. The van der Waals surface area contributed by atoms with Gasteiger partial charge in [-0.15, -0.1) is 0 Å². The molecule has 0 saturated carbocycles. The third-order valence-electron chi connectivity index (χ3n) is 4.14. The zero-order valence-electron chi connectivity index (χ0n) is 12.5. The standard InChI is InChI=1S/C20H23N/c1(4-10-18-11-5-3-6-12-18)2-9-16-21-17-15-19-13-7-8-14-20(19)21/h3,5-8,11-15,17H,1-2,4,9-10,16H2. The third kappa shape index (κ3) is 3.75. The van der Waals surface area contributed by atoms with Gasteiger partial charge in [0.2, 0.25) is 0 Å². The first kappa shape index (κ1) is 13.9. The molecule has 0 atom stereocenters. The summed E-state index contributed by atoms with van der Waals surface area (Å²) in [4.78, 5) is 0. The molecule has 0 aliphatic carbocycles. The van der Waals surface area contributed by atoms with E-state index in [1.807, 2.05) is 0 Å². The van der Waals surface area contributed by atoms with Gasteiger partial charge < -0.3 is 4.57 Å². The zero-order valence-corrected chi connectivity index (χ0v) is 12.5. The summed E-state index contributed by atoms with van der Waals surface area (Å²) >= 11 is 0. The van der Waals surface area contributed by atoms with Crippen LogP contribution in [0, 0.1) is 0 Å². The molecule has 1 nitrogen and oxygen atoms in total. The van der Waals surface area contributed by atoms with Crippen molar-refractivity contribution in [3.63, 3.8) is 0 Å². The molecule has 1 aromatic heterocycles. The van der Waals surface area contributed by atoms with Crippen molar-refractivity contribution >= 4 is 10.9 Å². The topological polar surface area (TPSA) is 4.93 Å². The van der Waals surface area contributed by atoms with Gasteiger partial charge in [-0.1, -0.05) is 61.4 Å². The predicted molar refractivity (Wildman–Crippen MR) is 90.6 cm³/mol. The molecule has 0 radical (unpaired) electrons. The lowest BCUT2D eigenvalue weighted by molar-refractivity contribution is 0.581. The van der Waals surface area contributed by atoms with E-state index in [0.717, 1.165) is 6.54 Å². The number of fused-ring (bicyclic) bond motifs is 1. The van der Waals surface area contributed by atoms with Crippen LogP contribution in [0.3, 0.4) is 0 Å². The molecular weight excluding hydrogens is 254 g/mol. The minimum atomic E-state index is 1.14. The minimum absolute atomic E-state index is 1.14.